The summed E-state index contributed by atoms with van der Waals surface area (Å²) < 4.78 is 4.64. The highest BCUT2D eigenvalue weighted by molar-refractivity contribution is 6.03. The molecule has 2 N–H and O–H groups in total. The minimum absolute atomic E-state index is 0.138. The molecule has 2 unspecified atom stereocenters. The normalized spacial score (nSPS) is 17.7. The zero-order chi connectivity index (χ0) is 19.4. The fourth-order valence-electron chi connectivity index (χ4n) is 2.88. The van der Waals surface area contributed by atoms with Crippen molar-refractivity contribution < 1.29 is 19.1 Å². The zero-order valence-corrected chi connectivity index (χ0v) is 15.3. The van der Waals surface area contributed by atoms with Gasteiger partial charge in [-0.3, -0.25) is 9.59 Å². The molecule has 2 amide bonds. The first-order chi connectivity index (χ1) is 13.0. The van der Waals surface area contributed by atoms with Crippen LogP contribution in [0.25, 0.3) is 0 Å². The Morgan fingerprint density at radius 2 is 1.37 bits per heavy atom. The molecule has 0 aromatic heterocycles. The van der Waals surface area contributed by atoms with Gasteiger partial charge in [-0.05, 0) is 54.8 Å². The standard InChI is InChI=1S/C21H22N2O4/c1-3-13-4-8-15(9-5-13)22-19(24)17-12-18(17)20(25)23-16-10-6-14(7-11-16)21(26)27-2/h4-11,17-18H,3,12H2,1-2H3,(H,22,24)(H,23,25). The number of anilines is 2. The number of nitrogens with one attached hydrogen (secondary N) is 2. The van der Waals surface area contributed by atoms with Crippen LogP contribution < -0.4 is 10.6 Å². The average molecular weight is 366 g/mol. The summed E-state index contributed by atoms with van der Waals surface area (Å²) in [4.78, 5) is 36.0. The Labute approximate surface area is 157 Å². The molecule has 0 spiro atoms. The SMILES string of the molecule is CCc1ccc(NC(=O)C2CC2C(=O)Nc2ccc(C(=O)OC)cc2)cc1. The maximum absolute atomic E-state index is 12.3. The number of carbonyl (C=O) groups is 3. The molecule has 0 bridgehead atoms. The molecule has 27 heavy (non-hydrogen) atoms. The van der Waals surface area contributed by atoms with Crippen molar-refractivity contribution in [2.24, 2.45) is 11.8 Å². The van der Waals surface area contributed by atoms with E-state index in [1.165, 1.54) is 12.7 Å². The van der Waals surface area contributed by atoms with Gasteiger partial charge in [0.25, 0.3) is 0 Å². The number of hydrogen-bond donors (Lipinski definition) is 2. The van der Waals surface area contributed by atoms with Gasteiger partial charge in [-0.2, -0.15) is 0 Å². The van der Waals surface area contributed by atoms with E-state index in [-0.39, 0.29) is 23.7 Å². The van der Waals surface area contributed by atoms with Gasteiger partial charge in [0, 0.05) is 11.4 Å². The van der Waals surface area contributed by atoms with Gasteiger partial charge < -0.3 is 15.4 Å². The highest BCUT2D eigenvalue weighted by atomic mass is 16.5. The number of rotatable bonds is 6. The first-order valence-corrected chi connectivity index (χ1v) is 8.91. The van der Waals surface area contributed by atoms with E-state index >= 15 is 0 Å². The van der Waals surface area contributed by atoms with Crippen molar-refractivity contribution >= 4 is 29.2 Å². The van der Waals surface area contributed by atoms with Crippen molar-refractivity contribution in [3.05, 3.63) is 59.7 Å². The van der Waals surface area contributed by atoms with Crippen LogP contribution in [0.3, 0.4) is 0 Å². The molecule has 0 radical (unpaired) electrons. The molecule has 6 heteroatoms. The Kier molecular flexibility index (Phi) is 5.54. The minimum atomic E-state index is -0.432. The lowest BCUT2D eigenvalue weighted by atomic mass is 10.1. The van der Waals surface area contributed by atoms with E-state index in [2.05, 4.69) is 22.3 Å². The second-order valence-electron chi connectivity index (χ2n) is 6.55. The molecular formula is C21H22N2O4. The molecule has 0 heterocycles. The quantitative estimate of drug-likeness (QED) is 0.769. The second kappa shape index (κ2) is 8.03. The summed E-state index contributed by atoms with van der Waals surface area (Å²) in [6.07, 6.45) is 1.48. The van der Waals surface area contributed by atoms with Crippen molar-refractivity contribution in [3.63, 3.8) is 0 Å². The molecule has 1 fully saturated rings. The third-order valence-corrected chi connectivity index (χ3v) is 4.67. The fourth-order valence-corrected chi connectivity index (χ4v) is 2.88. The molecule has 3 rings (SSSR count). The number of amides is 2. The second-order valence-corrected chi connectivity index (χ2v) is 6.55. The van der Waals surface area contributed by atoms with Gasteiger partial charge in [-0.1, -0.05) is 19.1 Å². The Morgan fingerprint density at radius 1 is 0.889 bits per heavy atom. The largest absolute Gasteiger partial charge is 0.465 e. The van der Waals surface area contributed by atoms with Crippen LogP contribution in [0, 0.1) is 11.8 Å². The van der Waals surface area contributed by atoms with Crippen LogP contribution in [0.5, 0.6) is 0 Å². The van der Waals surface area contributed by atoms with Crippen LogP contribution in [0.15, 0.2) is 48.5 Å². The van der Waals surface area contributed by atoms with E-state index in [1.54, 1.807) is 24.3 Å². The van der Waals surface area contributed by atoms with Gasteiger partial charge in [-0.15, -0.1) is 0 Å². The van der Waals surface area contributed by atoms with Crippen LogP contribution in [-0.2, 0) is 20.7 Å². The monoisotopic (exact) mass is 366 g/mol. The molecule has 2 aromatic carbocycles. The lowest BCUT2D eigenvalue weighted by molar-refractivity contribution is -0.122. The molecule has 140 valence electrons. The third-order valence-electron chi connectivity index (χ3n) is 4.67. The van der Waals surface area contributed by atoms with Crippen molar-refractivity contribution in [1.29, 1.82) is 0 Å². The molecule has 6 nitrogen and oxygen atoms in total. The summed E-state index contributed by atoms with van der Waals surface area (Å²) in [5.74, 6) is -1.41. The van der Waals surface area contributed by atoms with Crippen LogP contribution in [0.1, 0.15) is 29.3 Å². The van der Waals surface area contributed by atoms with Gasteiger partial charge >= 0.3 is 5.97 Å². The first-order valence-electron chi connectivity index (χ1n) is 8.91. The van der Waals surface area contributed by atoms with Crippen LogP contribution >= 0.6 is 0 Å². The number of aryl methyl sites for hydroxylation is 1. The van der Waals surface area contributed by atoms with Crippen molar-refractivity contribution in [2.45, 2.75) is 19.8 Å². The summed E-state index contributed by atoms with van der Waals surface area (Å²) in [6, 6.07) is 14.1. The zero-order valence-electron chi connectivity index (χ0n) is 15.3. The summed E-state index contributed by atoms with van der Waals surface area (Å²) in [5, 5.41) is 5.64. The Bertz CT molecular complexity index is 843. The van der Waals surface area contributed by atoms with Gasteiger partial charge in [0.15, 0.2) is 0 Å². The number of carbonyl (C=O) groups excluding carboxylic acids is 3. The summed E-state index contributed by atoms with van der Waals surface area (Å²) in [5.41, 5.74) is 2.93. The lowest BCUT2D eigenvalue weighted by Gasteiger charge is -2.07. The van der Waals surface area contributed by atoms with E-state index in [0.29, 0.717) is 17.7 Å². The lowest BCUT2D eigenvalue weighted by Crippen LogP contribution is -2.20. The van der Waals surface area contributed by atoms with E-state index < -0.39 is 5.97 Å². The average Bonchev–Trinajstić information content (AvgIpc) is 3.50. The highest BCUT2D eigenvalue weighted by Crippen LogP contribution is 2.40. The summed E-state index contributed by atoms with van der Waals surface area (Å²) in [7, 11) is 1.31. The number of hydrogen-bond acceptors (Lipinski definition) is 4. The molecular weight excluding hydrogens is 344 g/mol. The summed E-state index contributed by atoms with van der Waals surface area (Å²) >= 11 is 0. The maximum atomic E-state index is 12.3. The van der Waals surface area contributed by atoms with Crippen molar-refractivity contribution in [2.75, 3.05) is 17.7 Å². The first kappa shape index (κ1) is 18.6. The van der Waals surface area contributed by atoms with Crippen LogP contribution in [0.2, 0.25) is 0 Å². The fraction of sp³-hybridized carbons (Fsp3) is 0.286. The predicted molar refractivity (Wildman–Crippen MR) is 102 cm³/mol. The van der Waals surface area contributed by atoms with E-state index in [1.807, 2.05) is 24.3 Å². The Hall–Kier alpha value is -3.15. The topological polar surface area (TPSA) is 84.5 Å². The summed E-state index contributed by atoms with van der Waals surface area (Å²) in [6.45, 7) is 2.07. The Morgan fingerprint density at radius 3 is 1.81 bits per heavy atom. The smallest absolute Gasteiger partial charge is 0.337 e. The minimum Gasteiger partial charge on any atom is -0.465 e. The molecule has 0 saturated heterocycles. The predicted octanol–water partition coefficient (Wildman–Crippen LogP) is 3.25. The number of benzene rings is 2. The van der Waals surface area contributed by atoms with Gasteiger partial charge in [0.1, 0.15) is 0 Å². The molecule has 1 saturated carbocycles. The number of esters is 1. The molecule has 1 aliphatic rings. The van der Waals surface area contributed by atoms with Crippen LogP contribution in [-0.4, -0.2) is 24.9 Å². The van der Waals surface area contributed by atoms with Gasteiger partial charge in [0.2, 0.25) is 11.8 Å². The number of ether oxygens (including phenoxy) is 1. The molecule has 0 aliphatic heterocycles. The molecule has 2 atom stereocenters. The van der Waals surface area contributed by atoms with Crippen molar-refractivity contribution in [3.8, 4) is 0 Å². The number of methoxy groups -OCH3 is 1. The third kappa shape index (κ3) is 4.53. The maximum Gasteiger partial charge on any atom is 0.337 e. The van der Waals surface area contributed by atoms with E-state index in [9.17, 15) is 14.4 Å². The van der Waals surface area contributed by atoms with Crippen molar-refractivity contribution in [1.82, 2.24) is 0 Å². The van der Waals surface area contributed by atoms with Gasteiger partial charge in [-0.25, -0.2) is 4.79 Å². The van der Waals surface area contributed by atoms with Crippen LogP contribution in [0.4, 0.5) is 11.4 Å². The van der Waals surface area contributed by atoms with E-state index in [4.69, 9.17) is 0 Å². The molecule has 2 aromatic rings. The highest BCUT2D eigenvalue weighted by Gasteiger charge is 2.48. The van der Waals surface area contributed by atoms with Gasteiger partial charge in [0.05, 0.1) is 24.5 Å². The molecule has 1 aliphatic carbocycles. The Balaban J connectivity index is 1.52. The van der Waals surface area contributed by atoms with E-state index in [0.717, 1.165) is 12.1 Å².